The van der Waals surface area contributed by atoms with E-state index in [0.717, 1.165) is 11.3 Å². The van der Waals surface area contributed by atoms with Gasteiger partial charge in [0.1, 0.15) is 5.75 Å². The van der Waals surface area contributed by atoms with Crippen LogP contribution in [-0.2, 0) is 4.79 Å². The lowest BCUT2D eigenvalue weighted by Gasteiger charge is -2.12. The van der Waals surface area contributed by atoms with Gasteiger partial charge in [-0.1, -0.05) is 0 Å². The Labute approximate surface area is 95.4 Å². The Balaban J connectivity index is 2.99. The van der Waals surface area contributed by atoms with Crippen molar-refractivity contribution in [3.05, 3.63) is 29.3 Å². The minimum atomic E-state index is -0.459. The number of carbonyl (C=O) groups is 2. The van der Waals surface area contributed by atoms with E-state index in [1.807, 2.05) is 20.8 Å². The summed E-state index contributed by atoms with van der Waals surface area (Å²) in [5.74, 6) is -0.161. The predicted octanol–water partition coefficient (Wildman–Crippen LogP) is 2.55. The minimum Gasteiger partial charge on any atom is -0.491 e. The molecule has 0 radical (unpaired) electrons. The van der Waals surface area contributed by atoms with Gasteiger partial charge < -0.3 is 4.74 Å². The van der Waals surface area contributed by atoms with Crippen LogP contribution in [0.15, 0.2) is 18.2 Å². The van der Waals surface area contributed by atoms with Crippen molar-refractivity contribution in [2.45, 2.75) is 33.8 Å². The fourth-order valence-electron chi connectivity index (χ4n) is 1.38. The van der Waals surface area contributed by atoms with Crippen molar-refractivity contribution in [2.75, 3.05) is 0 Å². The summed E-state index contributed by atoms with van der Waals surface area (Å²) in [4.78, 5) is 22.4. The third kappa shape index (κ3) is 2.92. The third-order valence-electron chi connectivity index (χ3n) is 2.12. The first kappa shape index (κ1) is 12.4. The molecule has 0 aliphatic carbocycles. The summed E-state index contributed by atoms with van der Waals surface area (Å²) in [7, 11) is 0. The maximum atomic E-state index is 11.4. The molecule has 0 unspecified atom stereocenters. The van der Waals surface area contributed by atoms with Gasteiger partial charge in [0.2, 0.25) is 5.78 Å². The zero-order valence-electron chi connectivity index (χ0n) is 10.0. The first-order valence-electron chi connectivity index (χ1n) is 5.24. The van der Waals surface area contributed by atoms with E-state index in [0.29, 0.717) is 5.56 Å². The van der Waals surface area contributed by atoms with Crippen LogP contribution < -0.4 is 4.74 Å². The number of hydrogen-bond acceptors (Lipinski definition) is 3. The van der Waals surface area contributed by atoms with Crippen molar-refractivity contribution in [3.63, 3.8) is 0 Å². The molecule has 1 rings (SSSR count). The summed E-state index contributed by atoms with van der Waals surface area (Å²) in [6.45, 7) is 7.01. The van der Waals surface area contributed by atoms with Crippen LogP contribution >= 0.6 is 0 Å². The van der Waals surface area contributed by atoms with Crippen molar-refractivity contribution in [1.29, 1.82) is 0 Å². The van der Waals surface area contributed by atoms with Crippen LogP contribution in [0.1, 0.15) is 36.7 Å². The van der Waals surface area contributed by atoms with Gasteiger partial charge in [-0.25, -0.2) is 0 Å². The van der Waals surface area contributed by atoms with Gasteiger partial charge >= 0.3 is 0 Å². The van der Waals surface area contributed by atoms with Gasteiger partial charge in [0, 0.05) is 12.5 Å². The number of carbonyl (C=O) groups excluding carboxylic acids is 2. The molecule has 0 spiro atoms. The molecule has 0 fully saturated rings. The van der Waals surface area contributed by atoms with Gasteiger partial charge in [-0.15, -0.1) is 0 Å². The van der Waals surface area contributed by atoms with Gasteiger partial charge in [-0.2, -0.15) is 0 Å². The summed E-state index contributed by atoms with van der Waals surface area (Å²) >= 11 is 0. The van der Waals surface area contributed by atoms with E-state index in [2.05, 4.69) is 0 Å². The second kappa shape index (κ2) is 4.92. The normalized spacial score (nSPS) is 10.3. The Bertz CT molecular complexity index is 419. The zero-order valence-corrected chi connectivity index (χ0v) is 10.0. The molecule has 0 saturated heterocycles. The molecule has 1 aromatic rings. The highest BCUT2D eigenvalue weighted by molar-refractivity contribution is 6.42. The van der Waals surface area contributed by atoms with Crippen molar-refractivity contribution >= 4 is 11.6 Å². The molecular formula is C13H16O3. The average Bonchev–Trinajstić information content (AvgIpc) is 2.19. The standard InChI is InChI=1S/C13H16O3/c1-8(2)16-12-6-5-11(7-9(12)3)13(15)10(4)14/h5-8H,1-4H3. The van der Waals surface area contributed by atoms with Crippen LogP contribution in [0, 0.1) is 6.92 Å². The highest BCUT2D eigenvalue weighted by Crippen LogP contribution is 2.20. The monoisotopic (exact) mass is 220 g/mol. The first-order valence-corrected chi connectivity index (χ1v) is 5.24. The SMILES string of the molecule is CC(=O)C(=O)c1ccc(OC(C)C)c(C)c1. The van der Waals surface area contributed by atoms with Crippen LogP contribution in [0.25, 0.3) is 0 Å². The molecule has 3 heteroatoms. The van der Waals surface area contributed by atoms with Gasteiger partial charge in [-0.05, 0) is 44.5 Å². The molecule has 0 saturated carbocycles. The largest absolute Gasteiger partial charge is 0.491 e. The third-order valence-corrected chi connectivity index (χ3v) is 2.12. The highest BCUT2D eigenvalue weighted by Gasteiger charge is 2.12. The van der Waals surface area contributed by atoms with Crippen LogP contribution in [0.4, 0.5) is 0 Å². The molecule has 0 N–H and O–H groups in total. The van der Waals surface area contributed by atoms with E-state index in [1.165, 1.54) is 6.92 Å². The summed E-state index contributed by atoms with van der Waals surface area (Å²) in [5, 5.41) is 0. The first-order chi connectivity index (χ1) is 7.41. The average molecular weight is 220 g/mol. The molecule has 0 atom stereocenters. The van der Waals surface area contributed by atoms with E-state index in [4.69, 9.17) is 4.74 Å². The zero-order chi connectivity index (χ0) is 12.3. The predicted molar refractivity (Wildman–Crippen MR) is 62.0 cm³/mol. The number of ketones is 2. The fourth-order valence-corrected chi connectivity index (χ4v) is 1.38. The number of aryl methyl sites for hydroxylation is 1. The molecule has 0 aromatic heterocycles. The Morgan fingerprint density at radius 3 is 2.31 bits per heavy atom. The van der Waals surface area contributed by atoms with Crippen LogP contribution in [0.5, 0.6) is 5.75 Å². The van der Waals surface area contributed by atoms with Gasteiger partial charge in [0.15, 0.2) is 5.78 Å². The van der Waals surface area contributed by atoms with E-state index >= 15 is 0 Å². The van der Waals surface area contributed by atoms with Crippen molar-refractivity contribution in [3.8, 4) is 5.75 Å². The van der Waals surface area contributed by atoms with Gasteiger partial charge in [-0.3, -0.25) is 9.59 Å². The van der Waals surface area contributed by atoms with E-state index in [-0.39, 0.29) is 6.10 Å². The lowest BCUT2D eigenvalue weighted by Crippen LogP contribution is -2.11. The Morgan fingerprint density at radius 1 is 1.25 bits per heavy atom. The number of ether oxygens (including phenoxy) is 1. The lowest BCUT2D eigenvalue weighted by molar-refractivity contribution is -0.113. The molecule has 0 heterocycles. The summed E-state index contributed by atoms with van der Waals surface area (Å²) in [6, 6.07) is 5.03. The molecule has 1 aromatic carbocycles. The molecule has 0 aliphatic rings. The molecule has 86 valence electrons. The van der Waals surface area contributed by atoms with Crippen molar-refractivity contribution < 1.29 is 14.3 Å². The lowest BCUT2D eigenvalue weighted by atomic mass is 10.1. The van der Waals surface area contributed by atoms with E-state index in [1.54, 1.807) is 18.2 Å². The molecular weight excluding hydrogens is 204 g/mol. The van der Waals surface area contributed by atoms with Crippen LogP contribution in [0.2, 0.25) is 0 Å². The summed E-state index contributed by atoms with van der Waals surface area (Å²) in [6.07, 6.45) is 0.0908. The summed E-state index contributed by atoms with van der Waals surface area (Å²) < 4.78 is 5.54. The number of benzene rings is 1. The van der Waals surface area contributed by atoms with Crippen molar-refractivity contribution in [2.24, 2.45) is 0 Å². The molecule has 0 aliphatic heterocycles. The maximum Gasteiger partial charge on any atom is 0.228 e. The molecule has 0 bridgehead atoms. The van der Waals surface area contributed by atoms with Crippen molar-refractivity contribution in [1.82, 2.24) is 0 Å². The Kier molecular flexibility index (Phi) is 3.82. The highest BCUT2D eigenvalue weighted by atomic mass is 16.5. The smallest absolute Gasteiger partial charge is 0.228 e. The minimum absolute atomic E-state index is 0.0908. The quantitative estimate of drug-likeness (QED) is 0.578. The fraction of sp³-hybridized carbons (Fsp3) is 0.385. The van der Waals surface area contributed by atoms with Gasteiger partial charge in [0.05, 0.1) is 6.10 Å². The topological polar surface area (TPSA) is 43.4 Å². The molecule has 0 amide bonds. The Hall–Kier alpha value is -1.64. The second-order valence-corrected chi connectivity index (χ2v) is 4.03. The van der Waals surface area contributed by atoms with Crippen LogP contribution in [0.3, 0.4) is 0 Å². The molecule has 3 nitrogen and oxygen atoms in total. The van der Waals surface area contributed by atoms with Crippen LogP contribution in [-0.4, -0.2) is 17.7 Å². The number of rotatable bonds is 4. The van der Waals surface area contributed by atoms with E-state index < -0.39 is 11.6 Å². The maximum absolute atomic E-state index is 11.4. The Morgan fingerprint density at radius 2 is 1.88 bits per heavy atom. The number of hydrogen-bond donors (Lipinski definition) is 0. The van der Waals surface area contributed by atoms with Gasteiger partial charge in [0.25, 0.3) is 0 Å². The number of Topliss-reactive ketones (excluding diaryl/α,β-unsaturated/α-hetero) is 2. The second-order valence-electron chi connectivity index (χ2n) is 4.03. The van der Waals surface area contributed by atoms with E-state index in [9.17, 15) is 9.59 Å². The summed E-state index contributed by atoms with van der Waals surface area (Å²) in [5.41, 5.74) is 1.28. The molecule has 16 heavy (non-hydrogen) atoms.